The van der Waals surface area contributed by atoms with Crippen molar-refractivity contribution in [3.63, 3.8) is 0 Å². The molecule has 0 saturated heterocycles. The molecule has 0 fully saturated rings. The number of amides is 1. The predicted octanol–water partition coefficient (Wildman–Crippen LogP) is 3.12. The molecule has 0 bridgehead atoms. The topological polar surface area (TPSA) is 29.1 Å². The lowest BCUT2D eigenvalue weighted by molar-refractivity contribution is -0.120. The first-order chi connectivity index (χ1) is 7.77. The second-order valence-electron chi connectivity index (χ2n) is 3.95. The molecule has 0 unspecified atom stereocenters. The molecule has 1 amide bonds. The second kappa shape index (κ2) is 4.92. The molecular weight excluding hydrogens is 205 g/mol. The Morgan fingerprint density at radius 3 is 2.81 bits per heavy atom. The van der Waals surface area contributed by atoms with Crippen LogP contribution in [0, 0.1) is 11.7 Å². The van der Waals surface area contributed by atoms with Crippen LogP contribution in [0.15, 0.2) is 36.4 Å². The van der Waals surface area contributed by atoms with Gasteiger partial charge in [-0.3, -0.25) is 4.79 Å². The van der Waals surface area contributed by atoms with Crippen LogP contribution in [-0.4, -0.2) is 5.91 Å². The minimum Gasteiger partial charge on any atom is -0.323 e. The minimum atomic E-state index is -0.387. The highest BCUT2D eigenvalue weighted by Gasteiger charge is 2.19. The molecular formula is C13H14FNO. The van der Waals surface area contributed by atoms with Crippen molar-refractivity contribution in [2.24, 2.45) is 5.92 Å². The van der Waals surface area contributed by atoms with Gasteiger partial charge in [-0.2, -0.15) is 0 Å². The van der Waals surface area contributed by atoms with Gasteiger partial charge < -0.3 is 5.32 Å². The average Bonchev–Trinajstić information content (AvgIpc) is 2.33. The van der Waals surface area contributed by atoms with E-state index in [1.165, 1.54) is 6.07 Å². The minimum absolute atomic E-state index is 0.0235. The number of benzene rings is 1. The lowest BCUT2D eigenvalue weighted by Gasteiger charge is -2.17. The summed E-state index contributed by atoms with van der Waals surface area (Å²) in [6.07, 6.45) is 6.61. The summed E-state index contributed by atoms with van der Waals surface area (Å²) < 4.78 is 13.3. The number of allylic oxidation sites excluding steroid dienone is 2. The summed E-state index contributed by atoms with van der Waals surface area (Å²) in [5, 5.41) is 2.63. The van der Waals surface area contributed by atoms with Crippen LogP contribution in [0.4, 0.5) is 10.1 Å². The molecule has 1 aromatic rings. The maximum Gasteiger partial charge on any atom is 0.227 e. The van der Waals surface area contributed by atoms with Gasteiger partial charge in [0, 0.05) is 5.92 Å². The number of hydrogen-bond donors (Lipinski definition) is 1. The van der Waals surface area contributed by atoms with E-state index in [0.29, 0.717) is 0 Å². The highest BCUT2D eigenvalue weighted by Crippen LogP contribution is 2.21. The van der Waals surface area contributed by atoms with Crippen molar-refractivity contribution in [1.29, 1.82) is 0 Å². The fraction of sp³-hybridized carbons (Fsp3) is 0.308. The van der Waals surface area contributed by atoms with Crippen LogP contribution in [0.2, 0.25) is 0 Å². The van der Waals surface area contributed by atoms with Crippen LogP contribution in [0.5, 0.6) is 0 Å². The lowest BCUT2D eigenvalue weighted by atomic mass is 9.93. The van der Waals surface area contributed by atoms with Crippen molar-refractivity contribution in [2.75, 3.05) is 5.32 Å². The Kier molecular flexibility index (Phi) is 3.34. The van der Waals surface area contributed by atoms with Crippen molar-refractivity contribution < 1.29 is 9.18 Å². The van der Waals surface area contributed by atoms with Gasteiger partial charge in [0.15, 0.2) is 0 Å². The molecule has 0 saturated carbocycles. The molecule has 2 nitrogen and oxygen atoms in total. The molecule has 1 aliphatic carbocycles. The zero-order valence-electron chi connectivity index (χ0n) is 8.95. The molecule has 0 heterocycles. The van der Waals surface area contributed by atoms with E-state index >= 15 is 0 Å². The summed E-state index contributed by atoms with van der Waals surface area (Å²) in [5.41, 5.74) is 0.266. The van der Waals surface area contributed by atoms with Crippen molar-refractivity contribution in [2.45, 2.75) is 19.3 Å². The van der Waals surface area contributed by atoms with Gasteiger partial charge in [0.25, 0.3) is 0 Å². The molecule has 0 aliphatic heterocycles. The van der Waals surface area contributed by atoms with Gasteiger partial charge in [0.2, 0.25) is 5.91 Å². The molecule has 1 atom stereocenters. The first-order valence-corrected chi connectivity index (χ1v) is 5.48. The van der Waals surface area contributed by atoms with Gasteiger partial charge in [-0.05, 0) is 31.4 Å². The molecule has 1 aromatic carbocycles. The van der Waals surface area contributed by atoms with Gasteiger partial charge in [0.05, 0.1) is 5.69 Å². The summed E-state index contributed by atoms with van der Waals surface area (Å²) in [6, 6.07) is 6.23. The number of halogens is 1. The first kappa shape index (κ1) is 10.9. The number of carbonyl (C=O) groups excluding carboxylic acids is 1. The van der Waals surface area contributed by atoms with Crippen LogP contribution >= 0.6 is 0 Å². The fourth-order valence-electron chi connectivity index (χ4n) is 1.83. The number of para-hydroxylation sites is 1. The summed E-state index contributed by atoms with van der Waals surface area (Å²) in [4.78, 5) is 11.8. The largest absolute Gasteiger partial charge is 0.323 e. The zero-order chi connectivity index (χ0) is 11.4. The van der Waals surface area contributed by atoms with Crippen LogP contribution in [0.3, 0.4) is 0 Å². The zero-order valence-corrected chi connectivity index (χ0v) is 8.95. The Hall–Kier alpha value is -1.64. The Labute approximate surface area is 94.2 Å². The fourth-order valence-corrected chi connectivity index (χ4v) is 1.83. The number of nitrogens with one attached hydrogen (secondary N) is 1. The van der Waals surface area contributed by atoms with Crippen molar-refractivity contribution in [1.82, 2.24) is 0 Å². The van der Waals surface area contributed by atoms with Gasteiger partial charge in [0.1, 0.15) is 5.82 Å². The highest BCUT2D eigenvalue weighted by molar-refractivity contribution is 5.92. The lowest BCUT2D eigenvalue weighted by Crippen LogP contribution is -2.23. The van der Waals surface area contributed by atoms with E-state index in [4.69, 9.17) is 0 Å². The van der Waals surface area contributed by atoms with E-state index < -0.39 is 0 Å². The molecule has 2 rings (SSSR count). The normalized spacial score (nSPS) is 19.4. The van der Waals surface area contributed by atoms with Crippen LogP contribution in [0.1, 0.15) is 19.3 Å². The summed E-state index contributed by atoms with van der Waals surface area (Å²) in [6.45, 7) is 0. The first-order valence-electron chi connectivity index (χ1n) is 5.48. The smallest absolute Gasteiger partial charge is 0.227 e. The Balaban J connectivity index is 2.02. The number of rotatable bonds is 2. The molecule has 3 heteroatoms. The SMILES string of the molecule is O=C(Nc1ccccc1F)[C@H]1CC=CCC1. The molecule has 16 heavy (non-hydrogen) atoms. The van der Waals surface area contributed by atoms with Gasteiger partial charge in [-0.15, -0.1) is 0 Å². The van der Waals surface area contributed by atoms with E-state index in [0.717, 1.165) is 19.3 Å². The van der Waals surface area contributed by atoms with Crippen LogP contribution < -0.4 is 5.32 Å². The molecule has 0 spiro atoms. The van der Waals surface area contributed by atoms with E-state index in [2.05, 4.69) is 11.4 Å². The Morgan fingerprint density at radius 2 is 2.12 bits per heavy atom. The molecule has 1 N–H and O–H groups in total. The van der Waals surface area contributed by atoms with E-state index in [1.54, 1.807) is 18.2 Å². The summed E-state index contributed by atoms with van der Waals surface area (Å²) in [5.74, 6) is -0.499. The van der Waals surface area contributed by atoms with Gasteiger partial charge >= 0.3 is 0 Å². The number of anilines is 1. The predicted molar refractivity (Wildman–Crippen MR) is 61.5 cm³/mol. The number of carbonyl (C=O) groups is 1. The maximum absolute atomic E-state index is 13.3. The highest BCUT2D eigenvalue weighted by atomic mass is 19.1. The maximum atomic E-state index is 13.3. The molecule has 0 radical (unpaired) electrons. The van der Waals surface area contributed by atoms with E-state index in [9.17, 15) is 9.18 Å². The van der Waals surface area contributed by atoms with E-state index in [1.807, 2.05) is 6.08 Å². The molecule has 1 aliphatic rings. The van der Waals surface area contributed by atoms with Crippen LogP contribution in [-0.2, 0) is 4.79 Å². The molecule has 0 aromatic heterocycles. The van der Waals surface area contributed by atoms with Crippen molar-refractivity contribution in [3.8, 4) is 0 Å². The van der Waals surface area contributed by atoms with Crippen LogP contribution in [0.25, 0.3) is 0 Å². The van der Waals surface area contributed by atoms with Crippen molar-refractivity contribution >= 4 is 11.6 Å². The van der Waals surface area contributed by atoms with E-state index in [-0.39, 0.29) is 23.3 Å². The van der Waals surface area contributed by atoms with Gasteiger partial charge in [-0.25, -0.2) is 4.39 Å². The monoisotopic (exact) mass is 219 g/mol. The summed E-state index contributed by atoms with van der Waals surface area (Å²) in [7, 11) is 0. The Bertz CT molecular complexity index is 414. The van der Waals surface area contributed by atoms with Crippen molar-refractivity contribution in [3.05, 3.63) is 42.2 Å². The molecule has 84 valence electrons. The standard InChI is InChI=1S/C13H14FNO/c14-11-8-4-5-9-12(11)15-13(16)10-6-2-1-3-7-10/h1-2,4-5,8-10H,3,6-7H2,(H,15,16)/t10-/m0/s1. The Morgan fingerprint density at radius 1 is 1.31 bits per heavy atom. The average molecular weight is 219 g/mol. The third-order valence-electron chi connectivity index (χ3n) is 2.77. The third-order valence-corrected chi connectivity index (χ3v) is 2.77. The number of hydrogen-bond acceptors (Lipinski definition) is 1. The second-order valence-corrected chi connectivity index (χ2v) is 3.95. The van der Waals surface area contributed by atoms with Gasteiger partial charge in [-0.1, -0.05) is 24.3 Å². The summed E-state index contributed by atoms with van der Waals surface area (Å²) >= 11 is 0. The third kappa shape index (κ3) is 2.48. The quantitative estimate of drug-likeness (QED) is 0.761.